The van der Waals surface area contributed by atoms with E-state index < -0.39 is 6.16 Å². The molecule has 0 amide bonds. The van der Waals surface area contributed by atoms with Crippen LogP contribution in [0.15, 0.2) is 0 Å². The SMILES string of the molecule is CC(C)OC(=O)OC1CC[C@H]2[C@@H]3CCC4CCCC[C@]4(C)[C@@H]3CC[C@]12C. The second-order valence-electron chi connectivity index (χ2n) is 10.5. The molecule has 0 saturated heterocycles. The summed E-state index contributed by atoms with van der Waals surface area (Å²) in [6.45, 7) is 8.80. The number of carbonyl (C=O) groups excluding carboxylic acids is 1. The number of ether oxygens (including phenoxy) is 2. The summed E-state index contributed by atoms with van der Waals surface area (Å²) in [6, 6.07) is 0. The van der Waals surface area contributed by atoms with Crippen LogP contribution in [0.5, 0.6) is 0 Å². The first-order valence-corrected chi connectivity index (χ1v) is 11.2. The molecule has 0 N–H and O–H groups in total. The first kappa shape index (κ1) is 18.6. The molecule has 7 atom stereocenters. The van der Waals surface area contributed by atoms with E-state index in [1.54, 1.807) is 0 Å². The molecule has 0 radical (unpaired) electrons. The van der Waals surface area contributed by atoms with E-state index in [0.29, 0.717) is 5.41 Å². The highest BCUT2D eigenvalue weighted by Crippen LogP contribution is 2.66. The van der Waals surface area contributed by atoms with Gasteiger partial charge in [0.2, 0.25) is 0 Å². The summed E-state index contributed by atoms with van der Waals surface area (Å²) in [7, 11) is 0. The van der Waals surface area contributed by atoms with Crippen molar-refractivity contribution in [2.24, 2.45) is 34.5 Å². The third-order valence-electron chi connectivity index (χ3n) is 9.07. The molecule has 4 saturated carbocycles. The average Bonchev–Trinajstić information content (AvgIpc) is 2.90. The van der Waals surface area contributed by atoms with Crippen LogP contribution >= 0.6 is 0 Å². The quantitative estimate of drug-likeness (QED) is 0.537. The summed E-state index contributed by atoms with van der Waals surface area (Å²) in [5.41, 5.74) is 0.743. The van der Waals surface area contributed by atoms with Crippen molar-refractivity contribution < 1.29 is 14.3 Å². The monoisotopic (exact) mass is 362 g/mol. The third kappa shape index (κ3) is 2.88. The molecule has 0 heterocycles. The van der Waals surface area contributed by atoms with Gasteiger partial charge in [-0.05, 0) is 94.3 Å². The molecule has 0 aromatic rings. The molecule has 148 valence electrons. The number of carbonyl (C=O) groups is 1. The van der Waals surface area contributed by atoms with Crippen molar-refractivity contribution >= 4 is 6.16 Å². The van der Waals surface area contributed by atoms with Gasteiger partial charge in [-0.1, -0.05) is 26.7 Å². The summed E-state index contributed by atoms with van der Waals surface area (Å²) in [5, 5.41) is 0. The van der Waals surface area contributed by atoms with Crippen LogP contribution in [0.3, 0.4) is 0 Å². The lowest BCUT2D eigenvalue weighted by molar-refractivity contribution is -0.126. The summed E-state index contributed by atoms with van der Waals surface area (Å²) in [4.78, 5) is 12.1. The number of rotatable bonds is 2. The van der Waals surface area contributed by atoms with Gasteiger partial charge in [0.1, 0.15) is 6.10 Å². The summed E-state index contributed by atoms with van der Waals surface area (Å²) >= 11 is 0. The Hall–Kier alpha value is -0.730. The fourth-order valence-corrected chi connectivity index (χ4v) is 7.78. The Morgan fingerprint density at radius 2 is 1.65 bits per heavy atom. The molecule has 3 heteroatoms. The van der Waals surface area contributed by atoms with Crippen LogP contribution in [0.1, 0.15) is 91.9 Å². The maximum atomic E-state index is 12.1. The zero-order valence-corrected chi connectivity index (χ0v) is 17.3. The largest absolute Gasteiger partial charge is 0.508 e. The molecule has 3 nitrogen and oxygen atoms in total. The molecule has 4 fully saturated rings. The molecule has 0 bridgehead atoms. The van der Waals surface area contributed by atoms with Crippen LogP contribution in [-0.2, 0) is 9.47 Å². The minimum atomic E-state index is -0.461. The van der Waals surface area contributed by atoms with Crippen molar-refractivity contribution in [3.8, 4) is 0 Å². The summed E-state index contributed by atoms with van der Waals surface area (Å²) in [6.07, 6.45) is 13.0. The molecule has 26 heavy (non-hydrogen) atoms. The Balaban J connectivity index is 1.50. The van der Waals surface area contributed by atoms with Gasteiger partial charge in [0.25, 0.3) is 0 Å². The lowest BCUT2D eigenvalue weighted by Crippen LogP contribution is -2.53. The van der Waals surface area contributed by atoms with E-state index in [4.69, 9.17) is 9.47 Å². The van der Waals surface area contributed by atoms with E-state index in [0.717, 1.165) is 30.1 Å². The van der Waals surface area contributed by atoms with Crippen LogP contribution in [0, 0.1) is 34.5 Å². The van der Waals surface area contributed by atoms with E-state index >= 15 is 0 Å². The van der Waals surface area contributed by atoms with Crippen molar-refractivity contribution in [1.29, 1.82) is 0 Å². The van der Waals surface area contributed by atoms with Crippen molar-refractivity contribution in [2.45, 2.75) is 104 Å². The lowest BCUT2D eigenvalue weighted by atomic mass is 9.45. The lowest BCUT2D eigenvalue weighted by Gasteiger charge is -2.60. The van der Waals surface area contributed by atoms with Gasteiger partial charge >= 0.3 is 6.16 Å². The van der Waals surface area contributed by atoms with Gasteiger partial charge in [-0.15, -0.1) is 0 Å². The predicted molar refractivity (Wildman–Crippen MR) is 103 cm³/mol. The zero-order valence-electron chi connectivity index (χ0n) is 17.3. The van der Waals surface area contributed by atoms with Crippen molar-refractivity contribution in [2.75, 3.05) is 0 Å². The van der Waals surface area contributed by atoms with E-state index in [-0.39, 0.29) is 17.6 Å². The predicted octanol–water partition coefficient (Wildman–Crippen LogP) is 6.35. The Bertz CT molecular complexity index is 544. The van der Waals surface area contributed by atoms with Crippen molar-refractivity contribution in [1.82, 2.24) is 0 Å². The normalized spacial score (nSPS) is 47.7. The molecular formula is C23H38O3. The van der Waals surface area contributed by atoms with E-state index in [1.807, 2.05) is 13.8 Å². The van der Waals surface area contributed by atoms with Crippen molar-refractivity contribution in [3.63, 3.8) is 0 Å². The standard InChI is InChI=1S/C23H38O3/c1-15(2)25-21(24)26-20-11-10-18-17-9-8-16-7-5-6-13-22(16,3)19(17)12-14-23(18,20)4/h15-20H,5-14H2,1-4H3/t16?,17-,18-,19+,20?,22-,23-/m0/s1. The van der Waals surface area contributed by atoms with Crippen LogP contribution in [0.25, 0.3) is 0 Å². The third-order valence-corrected chi connectivity index (χ3v) is 9.07. The molecule has 0 spiro atoms. The number of hydrogen-bond acceptors (Lipinski definition) is 3. The molecule has 0 aromatic heterocycles. The van der Waals surface area contributed by atoms with E-state index in [1.165, 1.54) is 57.8 Å². The second-order valence-corrected chi connectivity index (χ2v) is 10.5. The van der Waals surface area contributed by atoms with Gasteiger partial charge in [-0.2, -0.15) is 0 Å². The Morgan fingerprint density at radius 3 is 2.42 bits per heavy atom. The van der Waals surface area contributed by atoms with Crippen LogP contribution in [-0.4, -0.2) is 18.4 Å². The number of hydrogen-bond donors (Lipinski definition) is 0. The Kier molecular flexibility index (Phi) is 4.80. The van der Waals surface area contributed by atoms with Gasteiger partial charge in [-0.3, -0.25) is 0 Å². The summed E-state index contributed by atoms with van der Waals surface area (Å²) < 4.78 is 11.1. The molecule has 0 aromatic carbocycles. The molecule has 0 aliphatic heterocycles. The Morgan fingerprint density at radius 1 is 0.885 bits per heavy atom. The fourth-order valence-electron chi connectivity index (χ4n) is 7.78. The first-order valence-electron chi connectivity index (χ1n) is 11.2. The highest BCUT2D eigenvalue weighted by atomic mass is 16.7. The zero-order chi connectivity index (χ0) is 18.5. The van der Waals surface area contributed by atoms with E-state index in [2.05, 4.69) is 13.8 Å². The van der Waals surface area contributed by atoms with E-state index in [9.17, 15) is 4.79 Å². The second kappa shape index (κ2) is 6.71. The van der Waals surface area contributed by atoms with Gasteiger partial charge in [-0.25, -0.2) is 4.79 Å². The van der Waals surface area contributed by atoms with Crippen LogP contribution < -0.4 is 0 Å². The van der Waals surface area contributed by atoms with Gasteiger partial charge in [0.15, 0.2) is 0 Å². The molecule has 4 rings (SSSR count). The summed E-state index contributed by atoms with van der Waals surface area (Å²) in [5.74, 6) is 3.46. The van der Waals surface area contributed by atoms with Crippen molar-refractivity contribution in [3.05, 3.63) is 0 Å². The highest BCUT2D eigenvalue weighted by molar-refractivity contribution is 5.60. The molecule has 4 aliphatic rings. The molecular weight excluding hydrogens is 324 g/mol. The highest BCUT2D eigenvalue weighted by Gasteiger charge is 2.60. The minimum Gasteiger partial charge on any atom is -0.432 e. The molecule has 2 unspecified atom stereocenters. The van der Waals surface area contributed by atoms with Crippen LogP contribution in [0.4, 0.5) is 4.79 Å². The Labute approximate surface area is 159 Å². The first-order chi connectivity index (χ1) is 12.3. The maximum Gasteiger partial charge on any atom is 0.508 e. The maximum absolute atomic E-state index is 12.1. The molecule has 4 aliphatic carbocycles. The smallest absolute Gasteiger partial charge is 0.432 e. The average molecular weight is 363 g/mol. The van der Waals surface area contributed by atoms with Gasteiger partial charge in [0.05, 0.1) is 6.10 Å². The number of fused-ring (bicyclic) bond motifs is 5. The fraction of sp³-hybridized carbons (Fsp3) is 0.957. The van der Waals surface area contributed by atoms with Gasteiger partial charge < -0.3 is 9.47 Å². The van der Waals surface area contributed by atoms with Crippen LogP contribution in [0.2, 0.25) is 0 Å². The van der Waals surface area contributed by atoms with Gasteiger partial charge in [0, 0.05) is 5.41 Å². The topological polar surface area (TPSA) is 35.5 Å². The minimum absolute atomic E-state index is 0.0524.